The van der Waals surface area contributed by atoms with Crippen molar-refractivity contribution in [1.29, 1.82) is 0 Å². The Balaban J connectivity index is 1.28. The van der Waals surface area contributed by atoms with Crippen molar-refractivity contribution < 1.29 is 22.7 Å². The number of nitrogens with two attached hydrogens (primary N) is 1. The monoisotopic (exact) mass is 480 g/mol. The first-order valence-electron chi connectivity index (χ1n) is 11.0. The number of ether oxygens (including phenoxy) is 1. The molecule has 11 heteroatoms. The summed E-state index contributed by atoms with van der Waals surface area (Å²) < 4.78 is 46.3. The van der Waals surface area contributed by atoms with Gasteiger partial charge in [-0.3, -0.25) is 9.20 Å². The lowest BCUT2D eigenvalue weighted by Crippen LogP contribution is -2.14. The highest BCUT2D eigenvalue weighted by Crippen LogP contribution is 2.57. The average Bonchev–Trinajstić information content (AvgIpc) is 3.17. The van der Waals surface area contributed by atoms with E-state index in [0.29, 0.717) is 34.8 Å². The van der Waals surface area contributed by atoms with Gasteiger partial charge in [-0.1, -0.05) is 12.1 Å². The van der Waals surface area contributed by atoms with Gasteiger partial charge in [0.15, 0.2) is 0 Å². The van der Waals surface area contributed by atoms with E-state index >= 15 is 0 Å². The van der Waals surface area contributed by atoms with Crippen molar-refractivity contribution in [3.8, 4) is 11.3 Å². The van der Waals surface area contributed by atoms with Crippen molar-refractivity contribution >= 4 is 23.1 Å². The summed E-state index contributed by atoms with van der Waals surface area (Å²) in [4.78, 5) is 25.5. The van der Waals surface area contributed by atoms with Crippen LogP contribution in [0.25, 0.3) is 16.8 Å². The Labute approximate surface area is 197 Å². The number of hydrogen-bond donors (Lipinski definition) is 2. The summed E-state index contributed by atoms with van der Waals surface area (Å²) in [5.74, 6) is 1.72. The Morgan fingerprint density at radius 2 is 1.83 bits per heavy atom. The second kappa shape index (κ2) is 7.77. The van der Waals surface area contributed by atoms with E-state index in [1.807, 2.05) is 10.6 Å². The number of alkyl halides is 3. The third-order valence-corrected chi connectivity index (χ3v) is 6.61. The largest absolute Gasteiger partial charge is 0.416 e. The number of nitrogens with one attached hydrogen (secondary N) is 1. The average molecular weight is 480 g/mol. The number of imidazole rings is 1. The number of nitrogen functional groups attached to an aromatic ring is 1. The maximum Gasteiger partial charge on any atom is 0.416 e. The Morgan fingerprint density at radius 1 is 1.09 bits per heavy atom. The van der Waals surface area contributed by atoms with E-state index < -0.39 is 17.6 Å². The van der Waals surface area contributed by atoms with Gasteiger partial charge in [0.05, 0.1) is 18.8 Å². The normalized spacial score (nSPS) is 21.2. The minimum atomic E-state index is -4.53. The van der Waals surface area contributed by atoms with Crippen molar-refractivity contribution in [2.24, 2.45) is 11.8 Å². The first kappa shape index (κ1) is 21.5. The number of halogens is 3. The number of amides is 1. The Bertz CT molecular complexity index is 1440. The Kier molecular flexibility index (Phi) is 4.78. The van der Waals surface area contributed by atoms with Gasteiger partial charge in [0.1, 0.15) is 28.7 Å². The predicted octanol–water partition coefficient (Wildman–Crippen LogP) is 4.00. The minimum absolute atomic E-state index is 0.184. The molecule has 0 bridgehead atoms. The second-order valence-electron chi connectivity index (χ2n) is 8.70. The molecule has 8 nitrogen and oxygen atoms in total. The second-order valence-corrected chi connectivity index (χ2v) is 8.70. The molecule has 1 aliphatic heterocycles. The highest BCUT2D eigenvalue weighted by Gasteiger charge is 2.56. The van der Waals surface area contributed by atoms with Gasteiger partial charge < -0.3 is 15.8 Å². The van der Waals surface area contributed by atoms with Crippen molar-refractivity contribution in [2.75, 3.05) is 24.3 Å². The van der Waals surface area contributed by atoms with E-state index in [-0.39, 0.29) is 11.4 Å². The summed E-state index contributed by atoms with van der Waals surface area (Å²) in [5.41, 5.74) is 7.66. The lowest BCUT2D eigenvalue weighted by Gasteiger charge is -2.09. The standard InChI is InChI=1S/C24H19F3N6O2/c25-24(26,27)14-5-6-29-17(9-14)31-23(34)13-3-1-12(2-4-13)19-20-21(28)30-7-8-33(20)22(32-19)18-15-10-35-11-16(15)18/h1-9,15-16,18H,10-11H2,(H2,28,30)(H,29,31,34)/t15-,16+,18?. The van der Waals surface area contributed by atoms with Crippen LogP contribution in [0, 0.1) is 11.8 Å². The van der Waals surface area contributed by atoms with E-state index in [1.165, 1.54) is 0 Å². The molecule has 1 amide bonds. The summed E-state index contributed by atoms with van der Waals surface area (Å²) in [5, 5.41) is 2.41. The van der Waals surface area contributed by atoms with Gasteiger partial charge in [-0.25, -0.2) is 15.0 Å². The van der Waals surface area contributed by atoms with Crippen LogP contribution in [-0.2, 0) is 10.9 Å². The molecule has 0 radical (unpaired) electrons. The predicted molar refractivity (Wildman–Crippen MR) is 121 cm³/mol. The summed E-state index contributed by atoms with van der Waals surface area (Å²) in [6.45, 7) is 1.45. The minimum Gasteiger partial charge on any atom is -0.382 e. The van der Waals surface area contributed by atoms with Crippen LogP contribution in [0.2, 0.25) is 0 Å². The van der Waals surface area contributed by atoms with Gasteiger partial charge in [0.2, 0.25) is 0 Å². The van der Waals surface area contributed by atoms with E-state index in [9.17, 15) is 18.0 Å². The molecule has 4 heterocycles. The molecule has 1 saturated heterocycles. The van der Waals surface area contributed by atoms with Crippen molar-refractivity contribution in [2.45, 2.75) is 12.1 Å². The molecule has 4 aromatic rings. The maximum absolute atomic E-state index is 12.9. The highest BCUT2D eigenvalue weighted by atomic mass is 19.4. The van der Waals surface area contributed by atoms with E-state index in [4.69, 9.17) is 15.5 Å². The van der Waals surface area contributed by atoms with Crippen LogP contribution in [-0.4, -0.2) is 38.5 Å². The molecule has 178 valence electrons. The molecule has 1 aromatic carbocycles. The third-order valence-electron chi connectivity index (χ3n) is 6.61. The van der Waals surface area contributed by atoms with E-state index in [0.717, 1.165) is 42.9 Å². The lowest BCUT2D eigenvalue weighted by atomic mass is 10.1. The molecule has 3 N–H and O–H groups in total. The lowest BCUT2D eigenvalue weighted by molar-refractivity contribution is -0.137. The zero-order valence-electron chi connectivity index (χ0n) is 18.2. The molecule has 1 saturated carbocycles. The van der Waals surface area contributed by atoms with Crippen LogP contribution in [0.4, 0.5) is 24.8 Å². The van der Waals surface area contributed by atoms with Gasteiger partial charge in [0.25, 0.3) is 5.91 Å². The highest BCUT2D eigenvalue weighted by molar-refractivity contribution is 6.04. The topological polar surface area (TPSA) is 107 Å². The summed E-state index contributed by atoms with van der Waals surface area (Å²) in [6, 6.07) is 8.24. The van der Waals surface area contributed by atoms with Gasteiger partial charge in [-0.15, -0.1) is 0 Å². The maximum atomic E-state index is 12.9. The quantitative estimate of drug-likeness (QED) is 0.457. The Morgan fingerprint density at radius 3 is 2.54 bits per heavy atom. The van der Waals surface area contributed by atoms with Crippen LogP contribution in [0.15, 0.2) is 55.0 Å². The summed E-state index contributed by atoms with van der Waals surface area (Å²) in [7, 11) is 0. The van der Waals surface area contributed by atoms with Gasteiger partial charge in [-0.2, -0.15) is 13.2 Å². The van der Waals surface area contributed by atoms with Crippen LogP contribution < -0.4 is 11.1 Å². The number of nitrogens with zero attached hydrogens (tertiary/aromatic N) is 4. The van der Waals surface area contributed by atoms with Crippen LogP contribution in [0.1, 0.15) is 27.7 Å². The van der Waals surface area contributed by atoms with E-state index in [2.05, 4.69) is 15.3 Å². The van der Waals surface area contributed by atoms with Crippen LogP contribution >= 0.6 is 0 Å². The molecule has 1 unspecified atom stereocenters. The fourth-order valence-electron chi connectivity index (χ4n) is 4.79. The summed E-state index contributed by atoms with van der Waals surface area (Å²) >= 11 is 0. The zero-order valence-corrected chi connectivity index (χ0v) is 18.2. The molecule has 1 aliphatic carbocycles. The van der Waals surface area contributed by atoms with Crippen molar-refractivity contribution in [3.63, 3.8) is 0 Å². The number of pyridine rings is 1. The third kappa shape index (κ3) is 3.68. The fraction of sp³-hybridized carbons (Fsp3) is 0.250. The number of anilines is 2. The molecule has 2 aliphatic rings. The van der Waals surface area contributed by atoms with Crippen LogP contribution in [0.3, 0.4) is 0 Å². The number of fused-ring (bicyclic) bond motifs is 2. The molecule has 6 rings (SSSR count). The van der Waals surface area contributed by atoms with Gasteiger partial charge in [0, 0.05) is 35.6 Å². The van der Waals surface area contributed by atoms with Crippen molar-refractivity contribution in [1.82, 2.24) is 19.4 Å². The number of carbonyl (C=O) groups is 1. The molecule has 0 spiro atoms. The molecule has 35 heavy (non-hydrogen) atoms. The molecule has 3 atom stereocenters. The number of rotatable bonds is 4. The SMILES string of the molecule is Nc1nccn2c(C3[C@H]4COC[C@@H]34)nc(-c3ccc(C(=O)Nc4cc(C(F)(F)F)ccn4)cc3)c12. The van der Waals surface area contributed by atoms with Crippen molar-refractivity contribution in [3.05, 3.63) is 71.9 Å². The Hall–Kier alpha value is -3.99. The number of aromatic nitrogens is 4. The number of carbonyl (C=O) groups excluding carboxylic acids is 1. The summed E-state index contributed by atoms with van der Waals surface area (Å²) in [6.07, 6.45) is -0.0435. The van der Waals surface area contributed by atoms with Gasteiger partial charge in [-0.05, 0) is 36.1 Å². The number of benzene rings is 1. The molecule has 3 aromatic heterocycles. The van der Waals surface area contributed by atoms with Crippen LogP contribution in [0.5, 0.6) is 0 Å². The first-order chi connectivity index (χ1) is 16.8. The number of hydrogen-bond acceptors (Lipinski definition) is 6. The zero-order chi connectivity index (χ0) is 24.3. The molecule has 2 fully saturated rings. The molecular formula is C24H19F3N6O2. The fourth-order valence-corrected chi connectivity index (χ4v) is 4.79. The molecular weight excluding hydrogens is 461 g/mol. The van der Waals surface area contributed by atoms with Gasteiger partial charge >= 0.3 is 6.18 Å². The van der Waals surface area contributed by atoms with E-state index in [1.54, 1.807) is 30.5 Å². The smallest absolute Gasteiger partial charge is 0.382 e. The first-order valence-corrected chi connectivity index (χ1v) is 11.0.